The average Bonchev–Trinajstić information content (AvgIpc) is 3.00. The molecule has 1 heterocycles. The van der Waals surface area contributed by atoms with Crippen molar-refractivity contribution in [3.05, 3.63) is 58.3 Å². The lowest BCUT2D eigenvalue weighted by Gasteiger charge is -2.13. The first-order valence-electron chi connectivity index (χ1n) is 8.78. The van der Waals surface area contributed by atoms with Crippen LogP contribution in [0.5, 0.6) is 11.5 Å². The van der Waals surface area contributed by atoms with E-state index in [-0.39, 0.29) is 49.1 Å². The number of nitrogens with one attached hydrogen (secondary N) is 1. The van der Waals surface area contributed by atoms with Crippen LogP contribution >= 0.6 is 15.9 Å². The van der Waals surface area contributed by atoms with Crippen LogP contribution in [0.2, 0.25) is 0 Å². The van der Waals surface area contributed by atoms with E-state index in [1.165, 1.54) is 17.0 Å². The van der Waals surface area contributed by atoms with Gasteiger partial charge in [0.15, 0.2) is 11.6 Å². The second-order valence-electron chi connectivity index (χ2n) is 6.25. The van der Waals surface area contributed by atoms with E-state index in [0.717, 1.165) is 10.5 Å². The van der Waals surface area contributed by atoms with Crippen molar-refractivity contribution < 1.29 is 23.5 Å². The monoisotopic (exact) mass is 448 g/mol. The van der Waals surface area contributed by atoms with Gasteiger partial charge in [0, 0.05) is 36.0 Å². The maximum absolute atomic E-state index is 14.3. The molecule has 2 aromatic carbocycles. The summed E-state index contributed by atoms with van der Waals surface area (Å²) in [5, 5.41) is 2.65. The number of rotatable bonds is 7. The smallest absolute Gasteiger partial charge is 0.251 e. The van der Waals surface area contributed by atoms with Gasteiger partial charge in [0.1, 0.15) is 5.75 Å². The number of benzene rings is 2. The van der Waals surface area contributed by atoms with Crippen LogP contribution in [-0.4, -0.2) is 35.7 Å². The number of halogens is 2. The Hall–Kier alpha value is -2.74. The molecular weight excluding hydrogens is 431 g/mol. The third-order valence-corrected chi connectivity index (χ3v) is 4.76. The Morgan fingerprint density at radius 1 is 1.11 bits per heavy atom. The van der Waals surface area contributed by atoms with Crippen molar-refractivity contribution in [2.75, 3.05) is 13.1 Å². The molecule has 3 rings (SSSR count). The van der Waals surface area contributed by atoms with E-state index in [1.807, 2.05) is 0 Å². The van der Waals surface area contributed by atoms with E-state index < -0.39 is 11.7 Å². The maximum atomic E-state index is 14.3. The van der Waals surface area contributed by atoms with Gasteiger partial charge in [0.25, 0.3) is 5.91 Å². The van der Waals surface area contributed by atoms with Crippen LogP contribution in [0.15, 0.2) is 46.9 Å². The zero-order chi connectivity index (χ0) is 20.1. The Bertz CT molecular complexity index is 886. The van der Waals surface area contributed by atoms with E-state index in [4.69, 9.17) is 4.74 Å². The molecule has 1 saturated heterocycles. The van der Waals surface area contributed by atoms with Crippen molar-refractivity contribution >= 4 is 33.7 Å². The van der Waals surface area contributed by atoms with Gasteiger partial charge in [-0.25, -0.2) is 4.39 Å². The van der Waals surface area contributed by atoms with Crippen LogP contribution in [-0.2, 0) is 9.59 Å². The fourth-order valence-corrected chi connectivity index (χ4v) is 3.03. The maximum Gasteiger partial charge on any atom is 0.251 e. The second kappa shape index (κ2) is 8.97. The van der Waals surface area contributed by atoms with Gasteiger partial charge >= 0.3 is 0 Å². The summed E-state index contributed by atoms with van der Waals surface area (Å²) in [5.41, 5.74) is 0.161. The Labute approximate surface area is 169 Å². The topological polar surface area (TPSA) is 75.7 Å². The van der Waals surface area contributed by atoms with Gasteiger partial charge < -0.3 is 10.1 Å². The van der Waals surface area contributed by atoms with Gasteiger partial charge in [-0.2, -0.15) is 0 Å². The van der Waals surface area contributed by atoms with Crippen LogP contribution in [0.1, 0.15) is 29.6 Å². The third kappa shape index (κ3) is 4.95. The first-order valence-corrected chi connectivity index (χ1v) is 9.58. The van der Waals surface area contributed by atoms with E-state index >= 15 is 0 Å². The number of ether oxygens (including phenoxy) is 1. The summed E-state index contributed by atoms with van der Waals surface area (Å²) in [4.78, 5) is 36.4. The number of amides is 3. The Balaban J connectivity index is 1.51. The molecule has 6 nitrogen and oxygen atoms in total. The summed E-state index contributed by atoms with van der Waals surface area (Å²) in [7, 11) is 0. The van der Waals surface area contributed by atoms with Crippen molar-refractivity contribution in [2.45, 2.75) is 19.3 Å². The van der Waals surface area contributed by atoms with Gasteiger partial charge in [-0.1, -0.05) is 15.9 Å². The number of imide groups is 1. The highest BCUT2D eigenvalue weighted by molar-refractivity contribution is 9.10. The quantitative estimate of drug-likeness (QED) is 0.518. The minimum atomic E-state index is -0.649. The largest absolute Gasteiger partial charge is 0.454 e. The fourth-order valence-electron chi connectivity index (χ4n) is 2.77. The molecular formula is C20H18BrFN2O4. The molecule has 1 aliphatic rings. The van der Waals surface area contributed by atoms with Crippen molar-refractivity contribution in [2.24, 2.45) is 0 Å². The van der Waals surface area contributed by atoms with Gasteiger partial charge in [-0.15, -0.1) is 0 Å². The lowest BCUT2D eigenvalue weighted by atomic mass is 10.2. The minimum absolute atomic E-state index is 0.0185. The van der Waals surface area contributed by atoms with Gasteiger partial charge in [-0.3, -0.25) is 19.3 Å². The van der Waals surface area contributed by atoms with Gasteiger partial charge in [-0.05, 0) is 48.9 Å². The molecule has 146 valence electrons. The molecule has 0 atom stereocenters. The zero-order valence-electron chi connectivity index (χ0n) is 14.9. The minimum Gasteiger partial charge on any atom is -0.454 e. The van der Waals surface area contributed by atoms with Crippen LogP contribution in [0.4, 0.5) is 4.39 Å². The highest BCUT2D eigenvalue weighted by Crippen LogP contribution is 2.26. The molecule has 0 aliphatic carbocycles. The second-order valence-corrected chi connectivity index (χ2v) is 7.17. The van der Waals surface area contributed by atoms with Gasteiger partial charge in [0.2, 0.25) is 11.8 Å². The Morgan fingerprint density at radius 3 is 2.43 bits per heavy atom. The van der Waals surface area contributed by atoms with Crippen molar-refractivity contribution in [1.29, 1.82) is 0 Å². The molecule has 0 aromatic heterocycles. The van der Waals surface area contributed by atoms with E-state index in [2.05, 4.69) is 21.2 Å². The third-order valence-electron chi connectivity index (χ3n) is 4.23. The predicted octanol–water partition coefficient (Wildman–Crippen LogP) is 3.65. The van der Waals surface area contributed by atoms with E-state index in [9.17, 15) is 18.8 Å². The summed E-state index contributed by atoms with van der Waals surface area (Å²) in [6.45, 7) is 0.543. The number of carbonyl (C=O) groups excluding carboxylic acids is 3. The molecule has 0 saturated carbocycles. The molecule has 2 aromatic rings. The van der Waals surface area contributed by atoms with Crippen molar-refractivity contribution in [1.82, 2.24) is 10.2 Å². The lowest BCUT2D eigenvalue weighted by Crippen LogP contribution is -2.33. The number of likely N-dealkylation sites (tertiary alicyclic amines) is 1. The van der Waals surface area contributed by atoms with Crippen LogP contribution in [0.3, 0.4) is 0 Å². The number of nitrogens with zero attached hydrogens (tertiary/aromatic N) is 1. The average molecular weight is 449 g/mol. The molecule has 1 fully saturated rings. The van der Waals surface area contributed by atoms with Crippen LogP contribution < -0.4 is 10.1 Å². The Kier molecular flexibility index (Phi) is 6.41. The molecule has 1 N–H and O–H groups in total. The predicted molar refractivity (Wildman–Crippen MR) is 104 cm³/mol. The number of hydrogen-bond acceptors (Lipinski definition) is 4. The lowest BCUT2D eigenvalue weighted by molar-refractivity contribution is -0.138. The normalized spacial score (nSPS) is 13.7. The van der Waals surface area contributed by atoms with Crippen molar-refractivity contribution in [3.8, 4) is 11.5 Å². The van der Waals surface area contributed by atoms with Crippen LogP contribution in [0.25, 0.3) is 0 Å². The standard InChI is InChI=1S/C20H18BrFN2O4/c21-14-3-5-15(6-4-14)28-17-7-2-13(12-16(17)22)20(27)23-10-1-11-24-18(25)8-9-19(24)26/h2-7,12H,1,8-11H2,(H,23,27). The first-order chi connectivity index (χ1) is 13.4. The molecule has 1 aliphatic heterocycles. The number of carbonyl (C=O) groups is 3. The van der Waals surface area contributed by atoms with E-state index in [0.29, 0.717) is 12.2 Å². The molecule has 3 amide bonds. The summed E-state index contributed by atoms with van der Waals surface area (Å²) < 4.78 is 20.6. The zero-order valence-corrected chi connectivity index (χ0v) is 16.5. The first kappa shape index (κ1) is 20.0. The fraction of sp³-hybridized carbons (Fsp3) is 0.250. The highest BCUT2D eigenvalue weighted by atomic mass is 79.9. The summed E-state index contributed by atoms with van der Waals surface area (Å²) >= 11 is 3.31. The summed E-state index contributed by atoms with van der Waals surface area (Å²) in [5.74, 6) is -0.952. The molecule has 28 heavy (non-hydrogen) atoms. The molecule has 8 heteroatoms. The highest BCUT2D eigenvalue weighted by Gasteiger charge is 2.27. The SMILES string of the molecule is O=C(NCCCN1C(=O)CCC1=O)c1ccc(Oc2ccc(Br)cc2)c(F)c1. The van der Waals surface area contributed by atoms with Crippen LogP contribution in [0, 0.1) is 5.82 Å². The Morgan fingerprint density at radius 2 is 1.79 bits per heavy atom. The molecule has 0 unspecified atom stereocenters. The van der Waals surface area contributed by atoms with E-state index in [1.54, 1.807) is 24.3 Å². The number of hydrogen-bond donors (Lipinski definition) is 1. The van der Waals surface area contributed by atoms with Gasteiger partial charge in [0.05, 0.1) is 0 Å². The summed E-state index contributed by atoms with van der Waals surface area (Å²) in [6.07, 6.45) is 0.939. The summed E-state index contributed by atoms with van der Waals surface area (Å²) in [6, 6.07) is 10.9. The molecule has 0 radical (unpaired) electrons. The molecule has 0 bridgehead atoms. The van der Waals surface area contributed by atoms with Crippen molar-refractivity contribution in [3.63, 3.8) is 0 Å². The molecule has 0 spiro atoms.